The maximum Gasteiger partial charge on any atom is 0.173 e. The summed E-state index contributed by atoms with van der Waals surface area (Å²) in [7, 11) is 0. The molecule has 2 N–H and O–H groups in total. The van der Waals surface area contributed by atoms with Gasteiger partial charge in [0.05, 0.1) is 0 Å². The largest absolute Gasteiger partial charge is 0.330 e. The highest BCUT2D eigenvalue weighted by molar-refractivity contribution is 5.41. The summed E-state index contributed by atoms with van der Waals surface area (Å²) < 4.78 is 15.1. The van der Waals surface area contributed by atoms with Crippen molar-refractivity contribution < 1.29 is 4.39 Å². The van der Waals surface area contributed by atoms with Crippen LogP contribution in [0.25, 0.3) is 5.65 Å². The van der Waals surface area contributed by atoms with Crippen LogP contribution in [0.15, 0.2) is 24.5 Å². The second-order valence-electron chi connectivity index (χ2n) is 3.84. The highest BCUT2D eigenvalue weighted by atomic mass is 19.1. The Kier molecular flexibility index (Phi) is 2.68. The van der Waals surface area contributed by atoms with Crippen LogP contribution in [0.1, 0.15) is 12.6 Å². The Morgan fingerprint density at radius 3 is 3.13 bits per heavy atom. The predicted molar refractivity (Wildman–Crippen MR) is 57.1 cm³/mol. The van der Waals surface area contributed by atoms with E-state index in [1.54, 1.807) is 16.7 Å². The van der Waals surface area contributed by atoms with Gasteiger partial charge < -0.3 is 10.1 Å². The molecule has 0 aliphatic rings. The Balaban J connectivity index is 2.41. The van der Waals surface area contributed by atoms with E-state index in [1.165, 1.54) is 6.07 Å². The molecule has 0 saturated carbocycles. The summed E-state index contributed by atoms with van der Waals surface area (Å²) in [6.45, 7) is 2.70. The minimum Gasteiger partial charge on any atom is -0.330 e. The Hall–Kier alpha value is -1.42. The Morgan fingerprint density at radius 1 is 1.60 bits per heavy atom. The molecule has 0 aliphatic carbocycles. The smallest absolute Gasteiger partial charge is 0.173 e. The van der Waals surface area contributed by atoms with Gasteiger partial charge in [0.2, 0.25) is 0 Å². The standard InChI is InChI=1S/C11H14FN3/c1-8(6-13)5-9-7-14-11-10(12)3-2-4-15(9)11/h2-4,7-8H,5-6,13H2,1H3. The number of nitrogens with two attached hydrogens (primary N) is 1. The number of fused-ring (bicyclic) bond motifs is 1. The van der Waals surface area contributed by atoms with Gasteiger partial charge in [-0.25, -0.2) is 9.37 Å². The summed E-state index contributed by atoms with van der Waals surface area (Å²) >= 11 is 0. The van der Waals surface area contributed by atoms with Crippen LogP contribution < -0.4 is 5.73 Å². The van der Waals surface area contributed by atoms with E-state index < -0.39 is 0 Å². The van der Waals surface area contributed by atoms with Crippen LogP contribution in [0.3, 0.4) is 0 Å². The second-order valence-corrected chi connectivity index (χ2v) is 3.84. The van der Waals surface area contributed by atoms with Gasteiger partial charge in [-0.3, -0.25) is 0 Å². The number of nitrogens with zero attached hydrogens (tertiary/aromatic N) is 2. The van der Waals surface area contributed by atoms with E-state index in [1.807, 2.05) is 6.20 Å². The third-order valence-electron chi connectivity index (χ3n) is 2.52. The average molecular weight is 207 g/mol. The minimum atomic E-state index is -0.288. The van der Waals surface area contributed by atoms with E-state index in [4.69, 9.17) is 5.73 Å². The number of pyridine rings is 1. The van der Waals surface area contributed by atoms with Gasteiger partial charge >= 0.3 is 0 Å². The SMILES string of the molecule is CC(CN)Cc1cnc2c(F)cccn12. The van der Waals surface area contributed by atoms with Gasteiger partial charge in [0, 0.05) is 18.1 Å². The molecule has 0 fully saturated rings. The van der Waals surface area contributed by atoms with Crippen LogP contribution in [0.4, 0.5) is 4.39 Å². The van der Waals surface area contributed by atoms with Crippen molar-refractivity contribution in [3.63, 3.8) is 0 Å². The maximum absolute atomic E-state index is 13.3. The first-order chi connectivity index (χ1) is 7.22. The molecule has 3 nitrogen and oxygen atoms in total. The minimum absolute atomic E-state index is 0.288. The molecular formula is C11H14FN3. The van der Waals surface area contributed by atoms with Gasteiger partial charge in [0.1, 0.15) is 0 Å². The monoisotopic (exact) mass is 207 g/mol. The van der Waals surface area contributed by atoms with E-state index in [0.29, 0.717) is 18.1 Å². The first kappa shape index (κ1) is 10.1. The molecule has 0 bridgehead atoms. The molecule has 2 aromatic rings. The lowest BCUT2D eigenvalue weighted by Gasteiger charge is -2.07. The van der Waals surface area contributed by atoms with Crippen molar-refractivity contribution in [1.82, 2.24) is 9.38 Å². The number of imidazole rings is 1. The quantitative estimate of drug-likeness (QED) is 0.831. The van der Waals surface area contributed by atoms with E-state index in [0.717, 1.165) is 12.1 Å². The zero-order valence-corrected chi connectivity index (χ0v) is 8.65. The van der Waals surface area contributed by atoms with Gasteiger partial charge in [-0.1, -0.05) is 6.92 Å². The first-order valence-corrected chi connectivity index (χ1v) is 5.03. The molecule has 2 aromatic heterocycles. The van der Waals surface area contributed by atoms with E-state index in [2.05, 4.69) is 11.9 Å². The van der Waals surface area contributed by atoms with Gasteiger partial charge in [0.15, 0.2) is 11.5 Å². The molecule has 0 aliphatic heterocycles. The highest BCUT2D eigenvalue weighted by Gasteiger charge is 2.09. The van der Waals surface area contributed by atoms with Crippen LogP contribution in [-0.2, 0) is 6.42 Å². The first-order valence-electron chi connectivity index (χ1n) is 5.03. The van der Waals surface area contributed by atoms with Crippen molar-refractivity contribution in [2.24, 2.45) is 11.7 Å². The third-order valence-corrected chi connectivity index (χ3v) is 2.52. The van der Waals surface area contributed by atoms with Crippen LogP contribution in [0.5, 0.6) is 0 Å². The lowest BCUT2D eigenvalue weighted by Crippen LogP contribution is -2.14. The van der Waals surface area contributed by atoms with Crippen molar-refractivity contribution in [3.8, 4) is 0 Å². The predicted octanol–water partition coefficient (Wildman–Crippen LogP) is 1.61. The maximum atomic E-state index is 13.3. The van der Waals surface area contributed by atoms with E-state index in [9.17, 15) is 4.39 Å². The summed E-state index contributed by atoms with van der Waals surface area (Å²) in [5, 5.41) is 0. The Labute approximate surface area is 87.7 Å². The molecule has 80 valence electrons. The molecule has 0 amide bonds. The van der Waals surface area contributed by atoms with Crippen molar-refractivity contribution in [3.05, 3.63) is 36.0 Å². The number of hydrogen-bond donors (Lipinski definition) is 1. The van der Waals surface area contributed by atoms with Gasteiger partial charge in [-0.2, -0.15) is 0 Å². The summed E-state index contributed by atoms with van der Waals surface area (Å²) in [6.07, 6.45) is 4.36. The Morgan fingerprint density at radius 2 is 2.40 bits per heavy atom. The average Bonchev–Trinajstić information content (AvgIpc) is 2.63. The molecular weight excluding hydrogens is 193 g/mol. The third kappa shape index (κ3) is 1.85. The normalized spacial score (nSPS) is 13.3. The number of hydrogen-bond acceptors (Lipinski definition) is 2. The summed E-state index contributed by atoms with van der Waals surface area (Å²) in [4.78, 5) is 4.05. The summed E-state index contributed by atoms with van der Waals surface area (Å²) in [6, 6.07) is 3.10. The van der Waals surface area contributed by atoms with Crippen molar-refractivity contribution in [1.29, 1.82) is 0 Å². The molecule has 1 atom stereocenters. The molecule has 2 heterocycles. The van der Waals surface area contributed by atoms with Gasteiger partial charge in [-0.05, 0) is 31.0 Å². The van der Waals surface area contributed by atoms with Crippen LogP contribution in [0.2, 0.25) is 0 Å². The molecule has 0 radical (unpaired) electrons. The molecule has 4 heteroatoms. The van der Waals surface area contributed by atoms with Gasteiger partial charge in [-0.15, -0.1) is 0 Å². The molecule has 15 heavy (non-hydrogen) atoms. The molecule has 2 rings (SSSR count). The molecule has 0 saturated heterocycles. The summed E-state index contributed by atoms with van der Waals surface area (Å²) in [5.74, 6) is 0.0947. The lowest BCUT2D eigenvalue weighted by molar-refractivity contribution is 0.580. The molecule has 0 spiro atoms. The van der Waals surface area contributed by atoms with Crippen molar-refractivity contribution in [2.45, 2.75) is 13.3 Å². The topological polar surface area (TPSA) is 43.3 Å². The summed E-state index contributed by atoms with van der Waals surface area (Å²) in [5.41, 5.74) is 6.95. The Bertz CT molecular complexity index is 464. The fourth-order valence-corrected chi connectivity index (χ4v) is 1.62. The fraction of sp³-hybridized carbons (Fsp3) is 0.364. The lowest BCUT2D eigenvalue weighted by atomic mass is 10.1. The van der Waals surface area contributed by atoms with E-state index >= 15 is 0 Å². The number of aromatic nitrogens is 2. The zero-order chi connectivity index (χ0) is 10.8. The number of halogens is 1. The van der Waals surface area contributed by atoms with Gasteiger partial charge in [0.25, 0.3) is 0 Å². The second kappa shape index (κ2) is 3.98. The van der Waals surface area contributed by atoms with Crippen LogP contribution in [-0.4, -0.2) is 15.9 Å². The fourth-order valence-electron chi connectivity index (χ4n) is 1.62. The molecule has 0 aromatic carbocycles. The van der Waals surface area contributed by atoms with E-state index in [-0.39, 0.29) is 5.82 Å². The van der Waals surface area contributed by atoms with Crippen molar-refractivity contribution >= 4 is 5.65 Å². The highest BCUT2D eigenvalue weighted by Crippen LogP contribution is 2.13. The van der Waals surface area contributed by atoms with Crippen molar-refractivity contribution in [2.75, 3.05) is 6.54 Å². The van der Waals surface area contributed by atoms with Crippen LogP contribution >= 0.6 is 0 Å². The van der Waals surface area contributed by atoms with Crippen LogP contribution in [0, 0.1) is 11.7 Å². The molecule has 1 unspecified atom stereocenters. The zero-order valence-electron chi connectivity index (χ0n) is 8.65. The number of rotatable bonds is 3.